The minimum Gasteiger partial charge on any atom is -0.397 e. The van der Waals surface area contributed by atoms with Gasteiger partial charge in [-0.15, -0.1) is 0 Å². The summed E-state index contributed by atoms with van der Waals surface area (Å²) in [7, 11) is -1.48. The second-order valence-corrected chi connectivity index (χ2v) is 6.74. The summed E-state index contributed by atoms with van der Waals surface area (Å²) in [6, 6.07) is 4.42. The van der Waals surface area contributed by atoms with E-state index in [1.54, 1.807) is 0 Å². The number of hydrogen-bond acceptors (Lipinski definition) is 4. The van der Waals surface area contributed by atoms with Gasteiger partial charge in [0.05, 0.1) is 15.6 Å². The van der Waals surface area contributed by atoms with Crippen LogP contribution in [-0.4, -0.2) is 50.8 Å². The maximum Gasteiger partial charge on any atom is 0.243 e. The standard InChI is InChI=1S/C11H16ClN3O2S/c1-14-4-6-15(7-5-14)18(16,17)9-2-3-10(12)11(13)8-9/h2-3,8H,4-7,13H2,1H3. The number of nitrogens with two attached hydrogens (primary N) is 1. The highest BCUT2D eigenvalue weighted by molar-refractivity contribution is 7.89. The summed E-state index contributed by atoms with van der Waals surface area (Å²) in [6.45, 7) is 2.48. The van der Waals surface area contributed by atoms with Crippen LogP contribution in [0.1, 0.15) is 0 Å². The first-order chi connectivity index (χ1) is 8.41. The Balaban J connectivity index is 2.27. The van der Waals surface area contributed by atoms with Gasteiger partial charge in [0.25, 0.3) is 0 Å². The molecule has 0 amide bonds. The number of anilines is 1. The van der Waals surface area contributed by atoms with Crippen LogP contribution in [0.2, 0.25) is 5.02 Å². The fourth-order valence-corrected chi connectivity index (χ4v) is 3.44. The number of hydrogen-bond donors (Lipinski definition) is 1. The SMILES string of the molecule is CN1CCN(S(=O)(=O)c2ccc(Cl)c(N)c2)CC1. The van der Waals surface area contributed by atoms with E-state index in [0.717, 1.165) is 13.1 Å². The van der Waals surface area contributed by atoms with E-state index in [9.17, 15) is 8.42 Å². The molecule has 0 aromatic heterocycles. The average Bonchev–Trinajstić information content (AvgIpc) is 2.33. The Bertz CT molecular complexity index is 539. The molecule has 0 bridgehead atoms. The van der Waals surface area contributed by atoms with E-state index >= 15 is 0 Å². The van der Waals surface area contributed by atoms with Crippen molar-refractivity contribution in [1.29, 1.82) is 0 Å². The van der Waals surface area contributed by atoms with Crippen LogP contribution in [0, 0.1) is 0 Å². The lowest BCUT2D eigenvalue weighted by atomic mass is 10.3. The van der Waals surface area contributed by atoms with Gasteiger partial charge in [0.1, 0.15) is 0 Å². The number of rotatable bonds is 2. The summed E-state index contributed by atoms with van der Waals surface area (Å²) >= 11 is 5.80. The predicted molar refractivity (Wildman–Crippen MR) is 72.1 cm³/mol. The monoisotopic (exact) mass is 289 g/mol. The van der Waals surface area contributed by atoms with E-state index in [1.165, 1.54) is 22.5 Å². The Labute approximate surface area is 112 Å². The van der Waals surface area contributed by atoms with Crippen LogP contribution in [0.5, 0.6) is 0 Å². The van der Waals surface area contributed by atoms with Gasteiger partial charge < -0.3 is 10.6 Å². The molecule has 0 aliphatic carbocycles. The van der Waals surface area contributed by atoms with E-state index in [4.69, 9.17) is 17.3 Å². The lowest BCUT2D eigenvalue weighted by Crippen LogP contribution is -2.47. The highest BCUT2D eigenvalue weighted by atomic mass is 35.5. The van der Waals surface area contributed by atoms with Gasteiger partial charge in [0.2, 0.25) is 10.0 Å². The maximum atomic E-state index is 12.4. The first-order valence-corrected chi connectivity index (χ1v) is 7.47. The lowest BCUT2D eigenvalue weighted by molar-refractivity contribution is 0.222. The Morgan fingerprint density at radius 1 is 1.22 bits per heavy atom. The molecule has 18 heavy (non-hydrogen) atoms. The first-order valence-electron chi connectivity index (χ1n) is 5.65. The van der Waals surface area contributed by atoms with Gasteiger partial charge in [-0.3, -0.25) is 0 Å². The number of sulfonamides is 1. The summed E-state index contributed by atoms with van der Waals surface area (Å²) in [5, 5.41) is 0.368. The summed E-state index contributed by atoms with van der Waals surface area (Å²) in [4.78, 5) is 2.30. The fraction of sp³-hybridized carbons (Fsp3) is 0.455. The topological polar surface area (TPSA) is 66.6 Å². The fourth-order valence-electron chi connectivity index (χ4n) is 1.86. The molecule has 0 atom stereocenters. The molecule has 1 aromatic carbocycles. The lowest BCUT2D eigenvalue weighted by Gasteiger charge is -2.31. The van der Waals surface area contributed by atoms with Gasteiger partial charge in [-0.2, -0.15) is 4.31 Å². The van der Waals surface area contributed by atoms with Gasteiger partial charge in [-0.1, -0.05) is 11.6 Å². The van der Waals surface area contributed by atoms with E-state index in [2.05, 4.69) is 4.90 Å². The van der Waals surface area contributed by atoms with Gasteiger partial charge in [-0.25, -0.2) is 8.42 Å². The van der Waals surface area contributed by atoms with Crippen molar-refractivity contribution in [3.63, 3.8) is 0 Å². The third kappa shape index (κ3) is 2.61. The summed E-state index contributed by atoms with van der Waals surface area (Å²) < 4.78 is 26.2. The van der Waals surface area contributed by atoms with Gasteiger partial charge in [0, 0.05) is 26.2 Å². The highest BCUT2D eigenvalue weighted by Gasteiger charge is 2.27. The molecule has 5 nitrogen and oxygen atoms in total. The highest BCUT2D eigenvalue weighted by Crippen LogP contribution is 2.24. The van der Waals surface area contributed by atoms with Crippen molar-refractivity contribution in [2.24, 2.45) is 0 Å². The molecule has 1 aromatic rings. The molecule has 7 heteroatoms. The minimum atomic E-state index is -3.46. The molecule has 1 saturated heterocycles. The molecular formula is C11H16ClN3O2S. The second kappa shape index (κ2) is 5.05. The van der Waals surface area contributed by atoms with Crippen molar-refractivity contribution >= 4 is 27.3 Å². The van der Waals surface area contributed by atoms with Crippen LogP contribution in [0.3, 0.4) is 0 Å². The zero-order chi connectivity index (χ0) is 13.3. The van der Waals surface area contributed by atoms with Crippen LogP contribution in [-0.2, 0) is 10.0 Å². The molecule has 1 heterocycles. The number of piperazine rings is 1. The summed E-state index contributed by atoms with van der Waals surface area (Å²) in [5.74, 6) is 0. The van der Waals surface area contributed by atoms with Crippen molar-refractivity contribution in [2.75, 3.05) is 39.0 Å². The molecule has 0 unspecified atom stereocenters. The minimum absolute atomic E-state index is 0.203. The third-order valence-electron chi connectivity index (χ3n) is 3.07. The largest absolute Gasteiger partial charge is 0.397 e. The van der Waals surface area contributed by atoms with Crippen LogP contribution in [0.25, 0.3) is 0 Å². The quantitative estimate of drug-likeness (QED) is 0.820. The molecule has 0 saturated carbocycles. The molecule has 2 N–H and O–H groups in total. The maximum absolute atomic E-state index is 12.4. The molecule has 100 valence electrons. The normalized spacial score (nSPS) is 19.0. The van der Waals surface area contributed by atoms with Crippen molar-refractivity contribution in [3.8, 4) is 0 Å². The van der Waals surface area contributed by atoms with E-state index in [-0.39, 0.29) is 10.6 Å². The van der Waals surface area contributed by atoms with Crippen LogP contribution < -0.4 is 5.73 Å². The molecule has 0 radical (unpaired) electrons. The predicted octanol–water partition coefficient (Wildman–Crippen LogP) is 0.858. The number of nitrogens with zero attached hydrogens (tertiary/aromatic N) is 2. The first kappa shape index (κ1) is 13.6. The Morgan fingerprint density at radius 2 is 1.83 bits per heavy atom. The number of halogens is 1. The number of benzene rings is 1. The zero-order valence-electron chi connectivity index (χ0n) is 10.1. The van der Waals surface area contributed by atoms with Gasteiger partial charge in [-0.05, 0) is 25.2 Å². The Hall–Kier alpha value is -0.820. The third-order valence-corrected chi connectivity index (χ3v) is 5.31. The Morgan fingerprint density at radius 3 is 2.39 bits per heavy atom. The summed E-state index contributed by atoms with van der Waals surface area (Å²) in [5.41, 5.74) is 5.93. The van der Waals surface area contributed by atoms with Crippen LogP contribution in [0.4, 0.5) is 5.69 Å². The van der Waals surface area contributed by atoms with Crippen molar-refractivity contribution < 1.29 is 8.42 Å². The van der Waals surface area contributed by atoms with Crippen molar-refractivity contribution in [3.05, 3.63) is 23.2 Å². The molecule has 0 spiro atoms. The van der Waals surface area contributed by atoms with Crippen molar-refractivity contribution in [1.82, 2.24) is 9.21 Å². The Kier molecular flexibility index (Phi) is 3.82. The van der Waals surface area contributed by atoms with E-state index in [0.29, 0.717) is 18.1 Å². The van der Waals surface area contributed by atoms with Gasteiger partial charge >= 0.3 is 0 Å². The summed E-state index contributed by atoms with van der Waals surface area (Å²) in [6.07, 6.45) is 0. The second-order valence-electron chi connectivity index (χ2n) is 4.39. The average molecular weight is 290 g/mol. The van der Waals surface area contributed by atoms with Crippen LogP contribution in [0.15, 0.2) is 23.1 Å². The molecule has 1 fully saturated rings. The van der Waals surface area contributed by atoms with E-state index in [1.807, 2.05) is 7.05 Å². The molecular weight excluding hydrogens is 274 g/mol. The van der Waals surface area contributed by atoms with Crippen molar-refractivity contribution in [2.45, 2.75) is 4.90 Å². The smallest absolute Gasteiger partial charge is 0.243 e. The molecule has 2 rings (SSSR count). The van der Waals surface area contributed by atoms with Crippen LogP contribution >= 0.6 is 11.6 Å². The molecule has 1 aliphatic rings. The number of nitrogen functional groups attached to an aromatic ring is 1. The van der Waals surface area contributed by atoms with Gasteiger partial charge in [0.15, 0.2) is 0 Å². The zero-order valence-corrected chi connectivity index (χ0v) is 11.7. The van der Waals surface area contributed by atoms with E-state index < -0.39 is 10.0 Å². The molecule has 1 aliphatic heterocycles. The number of likely N-dealkylation sites (N-methyl/N-ethyl adjacent to an activating group) is 1.